The summed E-state index contributed by atoms with van der Waals surface area (Å²) < 4.78 is 2.29. The molecule has 0 radical (unpaired) electrons. The van der Waals surface area contributed by atoms with Crippen molar-refractivity contribution in [1.29, 1.82) is 0 Å². The average molecular weight is 1160 g/mol. The van der Waals surface area contributed by atoms with E-state index in [1.807, 2.05) is 18.3 Å². The van der Waals surface area contributed by atoms with Gasteiger partial charge in [-0.05, 0) is 111 Å². The van der Waals surface area contributed by atoms with Crippen LogP contribution in [0.2, 0.25) is 0 Å². The Bertz CT molecular complexity index is 3580. The quantitative estimate of drug-likeness (QED) is 0.104. The molecule has 1 N–H and O–H groups in total. The summed E-state index contributed by atoms with van der Waals surface area (Å²) in [5.41, 5.74) is 18.4. The van der Waals surface area contributed by atoms with Gasteiger partial charge in [-0.15, -0.1) is 29.3 Å². The number of aromatic hydroxyl groups is 1. The first kappa shape index (κ1) is 51.4. The minimum absolute atomic E-state index is 0. The van der Waals surface area contributed by atoms with Crippen molar-refractivity contribution >= 4 is 11.0 Å². The first-order chi connectivity index (χ1) is 35.7. The molecule has 4 nitrogen and oxygen atoms in total. The summed E-state index contributed by atoms with van der Waals surface area (Å²) in [5, 5.41) is 11.9. The Hall–Kier alpha value is -7.13. The van der Waals surface area contributed by atoms with Crippen LogP contribution in [0.5, 0.6) is 5.75 Å². The van der Waals surface area contributed by atoms with Crippen LogP contribution in [0, 0.1) is 12.0 Å². The van der Waals surface area contributed by atoms with Gasteiger partial charge in [0, 0.05) is 43.9 Å². The monoisotopic (exact) mass is 1160 g/mol. The zero-order valence-corrected chi connectivity index (χ0v) is 46.5. The first-order valence-electron chi connectivity index (χ1n) is 26.5. The van der Waals surface area contributed by atoms with Crippen LogP contribution < -0.4 is 0 Å². The van der Waals surface area contributed by atoms with Crippen LogP contribution in [-0.4, -0.2) is 19.6 Å². The number of hydrogen-bond acceptors (Lipinski definition) is 3. The Morgan fingerprint density at radius 1 is 0.520 bits per heavy atom. The molecule has 0 amide bonds. The van der Waals surface area contributed by atoms with E-state index >= 15 is 0 Å². The Morgan fingerprint density at radius 2 is 1.13 bits per heavy atom. The van der Waals surface area contributed by atoms with Gasteiger partial charge in [-0.25, -0.2) is 4.98 Å². The topological polar surface area (TPSA) is 50.9 Å². The number of nitrogens with zero attached hydrogens (tertiary/aromatic N) is 3. The molecule has 1 aliphatic rings. The molecular formula is C70H66N3OPt-. The van der Waals surface area contributed by atoms with Crippen molar-refractivity contribution in [3.05, 3.63) is 240 Å². The van der Waals surface area contributed by atoms with E-state index in [0.29, 0.717) is 17.3 Å². The Balaban J connectivity index is 0.00000641. The van der Waals surface area contributed by atoms with Crippen LogP contribution >= 0.6 is 0 Å². The van der Waals surface area contributed by atoms with E-state index in [9.17, 15) is 5.11 Å². The third-order valence-electron chi connectivity index (χ3n) is 15.7. The molecule has 11 rings (SSSR count). The van der Waals surface area contributed by atoms with Gasteiger partial charge in [0.1, 0.15) is 11.6 Å². The zero-order valence-electron chi connectivity index (χ0n) is 44.3. The SMILES string of the molecule is CC(C)(C)c1cc(-c2cc(-c3ccc(C(C)(c4ccccc4)c4ccccc4)cc3)ccn2)[c-]c(-c2cccc3c2nc(-c2cc(C(C)(C)C)ccc2O)n3-c2ccc(CC3CCCC3)cc2-c2ccccc2)c1.[Pt]. The van der Waals surface area contributed by atoms with Crippen LogP contribution in [0.4, 0.5) is 0 Å². The maximum absolute atomic E-state index is 11.9. The number of para-hydroxylation sites is 1. The Kier molecular flexibility index (Phi) is 14.3. The van der Waals surface area contributed by atoms with Crippen LogP contribution in [0.3, 0.4) is 0 Å². The maximum atomic E-state index is 11.9. The molecule has 0 saturated heterocycles. The largest absolute Gasteiger partial charge is 0.507 e. The van der Waals surface area contributed by atoms with E-state index in [4.69, 9.17) is 9.97 Å². The van der Waals surface area contributed by atoms with Gasteiger partial charge >= 0.3 is 0 Å². The minimum Gasteiger partial charge on any atom is -0.507 e. The predicted octanol–water partition coefficient (Wildman–Crippen LogP) is 17.9. The van der Waals surface area contributed by atoms with Gasteiger partial charge in [0.25, 0.3) is 0 Å². The molecule has 1 aliphatic carbocycles. The van der Waals surface area contributed by atoms with Crippen molar-refractivity contribution < 1.29 is 26.2 Å². The van der Waals surface area contributed by atoms with Gasteiger partial charge in [-0.3, -0.25) is 9.55 Å². The molecule has 75 heavy (non-hydrogen) atoms. The molecule has 2 aromatic heterocycles. The molecule has 378 valence electrons. The van der Waals surface area contributed by atoms with Gasteiger partial charge in [0.15, 0.2) is 0 Å². The standard InChI is InChI=1S/C70H66N3O.Pt/c1-68(2,3)57-35-37-65(74)61(46-57)67-72-66-59(28-19-29-64(66)73(67)63-36-30-48(40-47-20-17-18-21-47)41-60(63)50-22-11-8-12-23-50)52-42-53(44-58(43-52)69(4,5)6)62-45-51(38-39-71-62)49-31-33-56(34-32-49)70(7,54-24-13-9-14-25-54)55-26-15-10-16-27-55;/h8-16,19,22-39,41,43-47,74H,17-18,20-21,40H2,1-7H3;/q-1;. The van der Waals surface area contributed by atoms with E-state index < -0.39 is 0 Å². The number of fused-ring (bicyclic) bond motifs is 1. The summed E-state index contributed by atoms with van der Waals surface area (Å²) in [6.45, 7) is 15.8. The van der Waals surface area contributed by atoms with Crippen LogP contribution in [-0.2, 0) is 43.7 Å². The van der Waals surface area contributed by atoms with Gasteiger partial charge in [0.05, 0.1) is 22.3 Å². The smallest absolute Gasteiger partial charge is 0.148 e. The van der Waals surface area contributed by atoms with Crippen molar-refractivity contribution in [1.82, 2.24) is 14.5 Å². The Morgan fingerprint density at radius 3 is 1.79 bits per heavy atom. The van der Waals surface area contributed by atoms with E-state index in [2.05, 4.69) is 241 Å². The molecule has 0 aliphatic heterocycles. The second kappa shape index (κ2) is 20.9. The van der Waals surface area contributed by atoms with Crippen molar-refractivity contribution in [3.63, 3.8) is 0 Å². The number of phenols is 1. The second-order valence-electron chi connectivity index (χ2n) is 22.8. The van der Waals surface area contributed by atoms with Crippen LogP contribution in [0.1, 0.15) is 108 Å². The van der Waals surface area contributed by atoms with Crippen molar-refractivity contribution in [2.75, 3.05) is 0 Å². The fourth-order valence-electron chi connectivity index (χ4n) is 11.3. The molecule has 5 heteroatoms. The zero-order chi connectivity index (χ0) is 51.2. The number of phenolic OH excluding ortho intramolecular Hbond substituents is 1. The summed E-state index contributed by atoms with van der Waals surface area (Å²) in [5.74, 6) is 1.60. The number of rotatable bonds is 11. The number of hydrogen-bond donors (Lipinski definition) is 1. The third-order valence-corrected chi connectivity index (χ3v) is 15.7. The molecule has 0 bridgehead atoms. The summed E-state index contributed by atoms with van der Waals surface area (Å²) in [7, 11) is 0. The van der Waals surface area contributed by atoms with Crippen LogP contribution in [0.25, 0.3) is 72.7 Å². The number of imidazole rings is 1. The summed E-state index contributed by atoms with van der Waals surface area (Å²) in [6, 6.07) is 73.6. The molecule has 8 aromatic carbocycles. The second-order valence-corrected chi connectivity index (χ2v) is 22.8. The summed E-state index contributed by atoms with van der Waals surface area (Å²) >= 11 is 0. The summed E-state index contributed by atoms with van der Waals surface area (Å²) in [6.07, 6.45) is 8.21. The molecule has 2 heterocycles. The molecule has 1 saturated carbocycles. The number of benzene rings is 8. The van der Waals surface area contributed by atoms with Gasteiger partial charge < -0.3 is 5.11 Å². The fourth-order valence-corrected chi connectivity index (χ4v) is 11.3. The number of pyridine rings is 1. The molecule has 10 aromatic rings. The third kappa shape index (κ3) is 10.2. The predicted molar refractivity (Wildman–Crippen MR) is 308 cm³/mol. The normalized spacial score (nSPS) is 13.3. The fraction of sp³-hybridized carbons (Fsp3) is 0.229. The van der Waals surface area contributed by atoms with Crippen molar-refractivity contribution in [2.45, 2.75) is 96.8 Å². The molecule has 0 unspecified atom stereocenters. The van der Waals surface area contributed by atoms with Gasteiger partial charge in [-0.2, -0.15) is 0 Å². The van der Waals surface area contributed by atoms with E-state index in [-0.39, 0.29) is 43.1 Å². The maximum Gasteiger partial charge on any atom is 0.148 e. The number of aromatic nitrogens is 3. The minimum atomic E-state index is -0.330. The molecule has 0 spiro atoms. The van der Waals surface area contributed by atoms with E-state index in [0.717, 1.165) is 73.3 Å². The van der Waals surface area contributed by atoms with Gasteiger partial charge in [0.2, 0.25) is 0 Å². The molecule has 0 atom stereocenters. The van der Waals surface area contributed by atoms with Crippen LogP contribution in [0.15, 0.2) is 200 Å². The molecule has 1 fully saturated rings. The van der Waals surface area contributed by atoms with Crippen molar-refractivity contribution in [2.24, 2.45) is 5.92 Å². The van der Waals surface area contributed by atoms with Gasteiger partial charge in [-0.1, -0.05) is 224 Å². The molecular weight excluding hydrogens is 1090 g/mol. The van der Waals surface area contributed by atoms with E-state index in [1.165, 1.54) is 53.5 Å². The Labute approximate surface area is 458 Å². The summed E-state index contributed by atoms with van der Waals surface area (Å²) in [4.78, 5) is 10.7. The van der Waals surface area contributed by atoms with Crippen molar-refractivity contribution in [3.8, 4) is 67.5 Å². The van der Waals surface area contributed by atoms with E-state index in [1.54, 1.807) is 0 Å². The average Bonchev–Trinajstić information content (AvgIpc) is 4.10. The first-order valence-corrected chi connectivity index (χ1v) is 26.5.